The van der Waals surface area contributed by atoms with Gasteiger partial charge in [-0.05, 0) is 24.0 Å². The third kappa shape index (κ3) is 3.04. The van der Waals surface area contributed by atoms with E-state index in [0.29, 0.717) is 11.3 Å². The molecule has 0 aliphatic rings. The lowest BCUT2D eigenvalue weighted by Crippen LogP contribution is -2.23. The van der Waals surface area contributed by atoms with E-state index >= 15 is 0 Å². The molecule has 0 radical (unpaired) electrons. The highest BCUT2D eigenvalue weighted by Gasteiger charge is 2.17. The minimum absolute atomic E-state index is 0.120. The Kier molecular flexibility index (Phi) is 3.88. The number of carboxylic acids is 1. The van der Waals surface area contributed by atoms with Gasteiger partial charge in [0.1, 0.15) is 5.82 Å². The minimum Gasteiger partial charge on any atom is -0.475 e. The van der Waals surface area contributed by atoms with Crippen molar-refractivity contribution in [2.75, 3.05) is 11.9 Å². The Balaban J connectivity index is 2.42. The number of fused-ring (bicyclic) bond motifs is 1. The molecule has 0 unspecified atom stereocenters. The van der Waals surface area contributed by atoms with E-state index in [1.807, 2.05) is 18.2 Å². The SMILES string of the molecule is CCC(C)(C)CNc1nc(C(=O)O)nc2ccccc12. The molecule has 5 nitrogen and oxygen atoms in total. The molecular weight excluding hydrogens is 254 g/mol. The fourth-order valence-electron chi connectivity index (χ4n) is 1.75. The number of carbonyl (C=O) groups is 1. The number of rotatable bonds is 5. The lowest BCUT2D eigenvalue weighted by Gasteiger charge is -2.23. The lowest BCUT2D eigenvalue weighted by atomic mass is 9.90. The standard InChI is InChI=1S/C15H19N3O2/c1-4-15(2,3)9-16-12-10-7-5-6-8-11(10)17-13(18-12)14(19)20/h5-8H,4,9H2,1-3H3,(H,19,20)(H,16,17,18). The molecule has 1 aromatic carbocycles. The van der Waals surface area contributed by atoms with E-state index < -0.39 is 5.97 Å². The quantitative estimate of drug-likeness (QED) is 0.875. The van der Waals surface area contributed by atoms with Gasteiger partial charge < -0.3 is 10.4 Å². The monoisotopic (exact) mass is 273 g/mol. The summed E-state index contributed by atoms with van der Waals surface area (Å²) in [5, 5.41) is 13.2. The summed E-state index contributed by atoms with van der Waals surface area (Å²) in [6.45, 7) is 7.16. The van der Waals surface area contributed by atoms with Crippen LogP contribution in [0.1, 0.15) is 37.8 Å². The van der Waals surface area contributed by atoms with Crippen LogP contribution in [-0.4, -0.2) is 27.6 Å². The molecule has 0 bridgehead atoms. The Bertz CT molecular complexity index is 638. The van der Waals surface area contributed by atoms with Crippen molar-refractivity contribution in [3.05, 3.63) is 30.1 Å². The second-order valence-electron chi connectivity index (χ2n) is 5.59. The molecule has 2 rings (SSSR count). The van der Waals surface area contributed by atoms with Crippen molar-refractivity contribution in [2.24, 2.45) is 5.41 Å². The maximum absolute atomic E-state index is 11.1. The van der Waals surface area contributed by atoms with Gasteiger partial charge in [-0.25, -0.2) is 14.8 Å². The summed E-state index contributed by atoms with van der Waals surface area (Å²) in [5.41, 5.74) is 0.756. The Labute approximate surface area is 118 Å². The van der Waals surface area contributed by atoms with Crippen molar-refractivity contribution in [2.45, 2.75) is 27.2 Å². The zero-order valence-corrected chi connectivity index (χ0v) is 12.0. The van der Waals surface area contributed by atoms with Crippen molar-refractivity contribution < 1.29 is 9.90 Å². The molecule has 1 heterocycles. The fourth-order valence-corrected chi connectivity index (χ4v) is 1.75. The van der Waals surface area contributed by atoms with Gasteiger partial charge in [-0.3, -0.25) is 0 Å². The molecule has 0 amide bonds. The van der Waals surface area contributed by atoms with Crippen molar-refractivity contribution in [1.29, 1.82) is 0 Å². The number of nitrogens with one attached hydrogen (secondary N) is 1. The largest absolute Gasteiger partial charge is 0.475 e. The zero-order valence-electron chi connectivity index (χ0n) is 12.0. The zero-order chi connectivity index (χ0) is 14.8. The van der Waals surface area contributed by atoms with E-state index in [1.165, 1.54) is 0 Å². The molecule has 5 heteroatoms. The van der Waals surface area contributed by atoms with Crippen LogP contribution in [0.2, 0.25) is 0 Å². The van der Waals surface area contributed by atoms with E-state index in [9.17, 15) is 4.79 Å². The van der Waals surface area contributed by atoms with Crippen LogP contribution < -0.4 is 5.32 Å². The molecule has 0 saturated carbocycles. The van der Waals surface area contributed by atoms with Gasteiger partial charge in [0, 0.05) is 11.9 Å². The van der Waals surface area contributed by atoms with Gasteiger partial charge in [-0.1, -0.05) is 32.9 Å². The van der Waals surface area contributed by atoms with Crippen LogP contribution in [0.25, 0.3) is 10.9 Å². The maximum Gasteiger partial charge on any atom is 0.374 e. The first-order valence-corrected chi connectivity index (χ1v) is 6.67. The summed E-state index contributed by atoms with van der Waals surface area (Å²) < 4.78 is 0. The Morgan fingerprint density at radius 1 is 1.30 bits per heavy atom. The molecule has 0 aliphatic heterocycles. The topological polar surface area (TPSA) is 75.1 Å². The van der Waals surface area contributed by atoms with Gasteiger partial charge >= 0.3 is 5.97 Å². The van der Waals surface area contributed by atoms with Gasteiger partial charge in [0.25, 0.3) is 0 Å². The Hall–Kier alpha value is -2.17. The lowest BCUT2D eigenvalue weighted by molar-refractivity contribution is 0.0684. The predicted molar refractivity (Wildman–Crippen MR) is 79.1 cm³/mol. The van der Waals surface area contributed by atoms with E-state index in [2.05, 4.69) is 36.1 Å². The number of hydrogen-bond acceptors (Lipinski definition) is 4. The highest BCUT2D eigenvalue weighted by molar-refractivity contribution is 5.93. The molecule has 0 aliphatic carbocycles. The molecule has 2 N–H and O–H groups in total. The summed E-state index contributed by atoms with van der Waals surface area (Å²) in [4.78, 5) is 19.3. The fraction of sp³-hybridized carbons (Fsp3) is 0.400. The smallest absolute Gasteiger partial charge is 0.374 e. The normalized spacial score (nSPS) is 11.6. The minimum atomic E-state index is -1.12. The first-order chi connectivity index (χ1) is 9.43. The van der Waals surface area contributed by atoms with Gasteiger partial charge in [0.15, 0.2) is 0 Å². The van der Waals surface area contributed by atoms with Crippen molar-refractivity contribution in [3.8, 4) is 0 Å². The van der Waals surface area contributed by atoms with Gasteiger partial charge in [-0.2, -0.15) is 0 Å². The molecule has 0 saturated heterocycles. The van der Waals surface area contributed by atoms with Gasteiger partial charge in [-0.15, -0.1) is 0 Å². The second-order valence-corrected chi connectivity index (χ2v) is 5.59. The van der Waals surface area contributed by atoms with Crippen LogP contribution >= 0.6 is 0 Å². The maximum atomic E-state index is 11.1. The molecular formula is C15H19N3O2. The summed E-state index contributed by atoms with van der Waals surface area (Å²) in [6, 6.07) is 7.41. The third-order valence-electron chi connectivity index (χ3n) is 3.49. The summed E-state index contributed by atoms with van der Waals surface area (Å²) >= 11 is 0. The molecule has 20 heavy (non-hydrogen) atoms. The number of para-hydroxylation sites is 1. The number of nitrogens with zero attached hydrogens (tertiary/aromatic N) is 2. The average Bonchev–Trinajstić information content (AvgIpc) is 2.44. The number of hydrogen-bond donors (Lipinski definition) is 2. The summed E-state index contributed by atoms with van der Waals surface area (Å²) in [6.07, 6.45) is 1.02. The average molecular weight is 273 g/mol. The third-order valence-corrected chi connectivity index (χ3v) is 3.49. The van der Waals surface area contributed by atoms with Crippen LogP contribution in [0, 0.1) is 5.41 Å². The molecule has 0 spiro atoms. The van der Waals surface area contributed by atoms with Crippen LogP contribution in [0.5, 0.6) is 0 Å². The van der Waals surface area contributed by atoms with Crippen molar-refractivity contribution in [3.63, 3.8) is 0 Å². The van der Waals surface area contributed by atoms with Gasteiger partial charge in [0.05, 0.1) is 5.52 Å². The highest BCUT2D eigenvalue weighted by atomic mass is 16.4. The molecule has 106 valence electrons. The van der Waals surface area contributed by atoms with Crippen molar-refractivity contribution in [1.82, 2.24) is 9.97 Å². The van der Waals surface area contributed by atoms with E-state index in [0.717, 1.165) is 18.4 Å². The number of carboxylic acid groups (broad SMARTS) is 1. The van der Waals surface area contributed by atoms with Crippen LogP contribution in [0.15, 0.2) is 24.3 Å². The molecule has 2 aromatic rings. The van der Waals surface area contributed by atoms with E-state index in [1.54, 1.807) is 6.07 Å². The number of aromatic carboxylic acids is 1. The van der Waals surface area contributed by atoms with Crippen molar-refractivity contribution >= 4 is 22.7 Å². The summed E-state index contributed by atoms with van der Waals surface area (Å²) in [5.74, 6) is -0.719. The second kappa shape index (κ2) is 5.45. The number of anilines is 1. The number of benzene rings is 1. The molecule has 0 fully saturated rings. The van der Waals surface area contributed by atoms with Gasteiger partial charge in [0.2, 0.25) is 5.82 Å². The first kappa shape index (κ1) is 14.2. The molecule has 1 aromatic heterocycles. The van der Waals surface area contributed by atoms with E-state index in [-0.39, 0.29) is 11.2 Å². The number of aromatic nitrogens is 2. The Morgan fingerprint density at radius 2 is 2.00 bits per heavy atom. The van der Waals surface area contributed by atoms with E-state index in [4.69, 9.17) is 5.11 Å². The highest BCUT2D eigenvalue weighted by Crippen LogP contribution is 2.24. The van der Waals surface area contributed by atoms with Crippen LogP contribution in [0.3, 0.4) is 0 Å². The predicted octanol–water partition coefficient (Wildman–Crippen LogP) is 3.18. The first-order valence-electron chi connectivity index (χ1n) is 6.67. The molecule has 0 atom stereocenters. The van der Waals surface area contributed by atoms with Crippen LogP contribution in [0.4, 0.5) is 5.82 Å². The summed E-state index contributed by atoms with van der Waals surface area (Å²) in [7, 11) is 0. The van der Waals surface area contributed by atoms with Crippen LogP contribution in [-0.2, 0) is 0 Å². The Morgan fingerprint density at radius 3 is 2.65 bits per heavy atom.